The second-order valence-electron chi connectivity index (χ2n) is 5.50. The van der Waals surface area contributed by atoms with Crippen molar-refractivity contribution in [3.05, 3.63) is 35.9 Å². The number of hydrogen-bond donors (Lipinski definition) is 3. The predicted molar refractivity (Wildman–Crippen MR) is 81.1 cm³/mol. The minimum absolute atomic E-state index is 0.0612. The standard InChI is InChI=1S/C16H24N2O3/c1-21-15-9-5-8-14(15)18-16(20)17-13(11-19)10-12-6-3-2-4-7-12/h2-4,6-7,13-15,19H,5,8-11H2,1H3,(H2,17,18,20)/t13-,14?,15?/m0/s1. The maximum atomic E-state index is 12.0. The number of methoxy groups -OCH3 is 1. The Bertz CT molecular complexity index is 438. The summed E-state index contributed by atoms with van der Waals surface area (Å²) in [5.74, 6) is 0. The minimum Gasteiger partial charge on any atom is -0.394 e. The fourth-order valence-electron chi connectivity index (χ4n) is 2.83. The molecule has 1 aliphatic carbocycles. The Morgan fingerprint density at radius 1 is 1.38 bits per heavy atom. The Morgan fingerprint density at radius 2 is 2.14 bits per heavy atom. The first-order chi connectivity index (χ1) is 10.2. The fraction of sp³-hybridized carbons (Fsp3) is 0.562. The lowest BCUT2D eigenvalue weighted by Crippen LogP contribution is -2.50. The minimum atomic E-state index is -0.283. The van der Waals surface area contributed by atoms with Gasteiger partial charge in [0.1, 0.15) is 0 Å². The molecular formula is C16H24N2O3. The van der Waals surface area contributed by atoms with Gasteiger partial charge in [0.2, 0.25) is 0 Å². The zero-order valence-corrected chi connectivity index (χ0v) is 12.4. The quantitative estimate of drug-likeness (QED) is 0.743. The monoisotopic (exact) mass is 292 g/mol. The van der Waals surface area contributed by atoms with Crippen LogP contribution >= 0.6 is 0 Å². The van der Waals surface area contributed by atoms with E-state index < -0.39 is 0 Å². The highest BCUT2D eigenvalue weighted by Crippen LogP contribution is 2.21. The van der Waals surface area contributed by atoms with Crippen molar-refractivity contribution in [2.45, 2.75) is 43.9 Å². The third-order valence-corrected chi connectivity index (χ3v) is 3.95. The summed E-state index contributed by atoms with van der Waals surface area (Å²) in [6.45, 7) is -0.0827. The van der Waals surface area contributed by atoms with Crippen LogP contribution in [0.2, 0.25) is 0 Å². The number of carbonyl (C=O) groups excluding carboxylic acids is 1. The van der Waals surface area contributed by atoms with Gasteiger partial charge in [0.05, 0.1) is 24.8 Å². The molecule has 5 heteroatoms. The molecule has 0 bridgehead atoms. The third-order valence-electron chi connectivity index (χ3n) is 3.95. The molecule has 1 aromatic rings. The second kappa shape index (κ2) is 8.00. The molecule has 2 amide bonds. The van der Waals surface area contributed by atoms with Crippen molar-refractivity contribution in [2.24, 2.45) is 0 Å². The van der Waals surface area contributed by atoms with Gasteiger partial charge in [0, 0.05) is 7.11 Å². The summed E-state index contributed by atoms with van der Waals surface area (Å²) < 4.78 is 5.36. The van der Waals surface area contributed by atoms with Gasteiger partial charge in [-0.2, -0.15) is 0 Å². The number of aliphatic hydroxyl groups is 1. The molecule has 3 N–H and O–H groups in total. The molecule has 1 aromatic carbocycles. The molecule has 3 atom stereocenters. The molecular weight excluding hydrogens is 268 g/mol. The Labute approximate surface area is 125 Å². The zero-order chi connectivity index (χ0) is 15.1. The van der Waals surface area contributed by atoms with Crippen molar-refractivity contribution in [3.8, 4) is 0 Å². The lowest BCUT2D eigenvalue weighted by Gasteiger charge is -2.22. The van der Waals surface area contributed by atoms with E-state index in [1.54, 1.807) is 7.11 Å². The Kier molecular flexibility index (Phi) is 6.02. The number of rotatable bonds is 6. The van der Waals surface area contributed by atoms with Gasteiger partial charge in [0.25, 0.3) is 0 Å². The smallest absolute Gasteiger partial charge is 0.315 e. The van der Waals surface area contributed by atoms with E-state index in [9.17, 15) is 9.90 Å². The van der Waals surface area contributed by atoms with Crippen molar-refractivity contribution >= 4 is 6.03 Å². The summed E-state index contributed by atoms with van der Waals surface area (Å²) in [7, 11) is 1.68. The summed E-state index contributed by atoms with van der Waals surface area (Å²) >= 11 is 0. The number of amides is 2. The van der Waals surface area contributed by atoms with Crippen molar-refractivity contribution < 1.29 is 14.6 Å². The normalized spacial score (nSPS) is 22.8. The van der Waals surface area contributed by atoms with Gasteiger partial charge in [-0.3, -0.25) is 0 Å². The predicted octanol–water partition coefficient (Wildman–Crippen LogP) is 1.46. The fourth-order valence-corrected chi connectivity index (χ4v) is 2.83. The van der Waals surface area contributed by atoms with Crippen LogP contribution in [0.15, 0.2) is 30.3 Å². The van der Waals surface area contributed by atoms with E-state index >= 15 is 0 Å². The van der Waals surface area contributed by atoms with Crippen LogP contribution in [0.4, 0.5) is 4.79 Å². The van der Waals surface area contributed by atoms with Crippen LogP contribution in [0.5, 0.6) is 0 Å². The Morgan fingerprint density at radius 3 is 2.81 bits per heavy atom. The van der Waals surface area contributed by atoms with E-state index in [0.29, 0.717) is 6.42 Å². The average molecular weight is 292 g/mol. The summed E-state index contributed by atoms with van der Waals surface area (Å²) in [5.41, 5.74) is 1.09. The maximum Gasteiger partial charge on any atom is 0.315 e. The topological polar surface area (TPSA) is 70.6 Å². The van der Waals surface area contributed by atoms with Gasteiger partial charge in [-0.25, -0.2) is 4.79 Å². The highest BCUT2D eigenvalue weighted by molar-refractivity contribution is 5.74. The van der Waals surface area contributed by atoms with Crippen LogP contribution < -0.4 is 10.6 Å². The molecule has 1 fully saturated rings. The van der Waals surface area contributed by atoms with E-state index in [2.05, 4.69) is 10.6 Å². The second-order valence-corrected chi connectivity index (χ2v) is 5.50. The molecule has 2 unspecified atom stereocenters. The molecule has 0 heterocycles. The summed E-state index contributed by atoms with van der Waals surface area (Å²) in [4.78, 5) is 12.0. The number of nitrogens with one attached hydrogen (secondary N) is 2. The molecule has 2 rings (SSSR count). The molecule has 116 valence electrons. The molecule has 0 aromatic heterocycles. The molecule has 21 heavy (non-hydrogen) atoms. The van der Waals surface area contributed by atoms with Gasteiger partial charge in [0.15, 0.2) is 0 Å². The highest BCUT2D eigenvalue weighted by Gasteiger charge is 2.28. The number of ether oxygens (including phenoxy) is 1. The Hall–Kier alpha value is -1.59. The first-order valence-electron chi connectivity index (χ1n) is 7.47. The molecule has 1 saturated carbocycles. The lowest BCUT2D eigenvalue weighted by molar-refractivity contribution is 0.0871. The van der Waals surface area contributed by atoms with Crippen LogP contribution in [0.3, 0.4) is 0 Å². The zero-order valence-electron chi connectivity index (χ0n) is 12.4. The first-order valence-corrected chi connectivity index (χ1v) is 7.47. The SMILES string of the molecule is COC1CCCC1NC(=O)N[C@H](CO)Cc1ccccc1. The van der Waals surface area contributed by atoms with Gasteiger partial charge in [-0.05, 0) is 31.2 Å². The molecule has 0 spiro atoms. The van der Waals surface area contributed by atoms with Gasteiger partial charge in [-0.15, -0.1) is 0 Å². The Balaban J connectivity index is 1.82. The average Bonchev–Trinajstić information content (AvgIpc) is 2.94. The van der Waals surface area contributed by atoms with Crippen LogP contribution in [0.1, 0.15) is 24.8 Å². The van der Waals surface area contributed by atoms with Crippen LogP contribution in [-0.4, -0.2) is 43.0 Å². The summed E-state index contributed by atoms with van der Waals surface area (Å²) in [5, 5.41) is 15.2. The lowest BCUT2D eigenvalue weighted by atomic mass is 10.1. The third kappa shape index (κ3) is 4.72. The van der Waals surface area contributed by atoms with Crippen molar-refractivity contribution in [1.82, 2.24) is 10.6 Å². The van der Waals surface area contributed by atoms with Gasteiger partial charge >= 0.3 is 6.03 Å². The maximum absolute atomic E-state index is 12.0. The van der Waals surface area contributed by atoms with Crippen molar-refractivity contribution in [1.29, 1.82) is 0 Å². The number of benzene rings is 1. The van der Waals surface area contributed by atoms with E-state index in [0.717, 1.165) is 24.8 Å². The highest BCUT2D eigenvalue weighted by atomic mass is 16.5. The molecule has 5 nitrogen and oxygen atoms in total. The van der Waals surface area contributed by atoms with Crippen LogP contribution in [0, 0.1) is 0 Å². The summed E-state index contributed by atoms with van der Waals surface area (Å²) in [6.07, 6.45) is 3.70. The van der Waals surface area contributed by atoms with Crippen molar-refractivity contribution in [2.75, 3.05) is 13.7 Å². The molecule has 0 saturated heterocycles. The van der Waals surface area contributed by atoms with E-state index in [1.165, 1.54) is 0 Å². The van der Waals surface area contributed by atoms with Crippen molar-refractivity contribution in [3.63, 3.8) is 0 Å². The molecule has 1 aliphatic rings. The van der Waals surface area contributed by atoms with E-state index in [-0.39, 0.29) is 30.8 Å². The largest absolute Gasteiger partial charge is 0.394 e. The van der Waals surface area contributed by atoms with Crippen LogP contribution in [-0.2, 0) is 11.2 Å². The number of urea groups is 1. The first kappa shape index (κ1) is 15.8. The van der Waals surface area contributed by atoms with E-state index in [4.69, 9.17) is 4.74 Å². The van der Waals surface area contributed by atoms with Gasteiger partial charge < -0.3 is 20.5 Å². The number of hydrogen-bond acceptors (Lipinski definition) is 3. The molecule has 0 aliphatic heterocycles. The number of aliphatic hydroxyl groups excluding tert-OH is 1. The van der Waals surface area contributed by atoms with Crippen LogP contribution in [0.25, 0.3) is 0 Å². The van der Waals surface area contributed by atoms with E-state index in [1.807, 2.05) is 30.3 Å². The number of carbonyl (C=O) groups is 1. The van der Waals surface area contributed by atoms with Gasteiger partial charge in [-0.1, -0.05) is 30.3 Å². The molecule has 0 radical (unpaired) electrons. The summed E-state index contributed by atoms with van der Waals surface area (Å²) in [6, 6.07) is 9.36.